The van der Waals surface area contributed by atoms with E-state index in [0.717, 1.165) is 38.9 Å². The quantitative estimate of drug-likeness (QED) is 0.448. The van der Waals surface area contributed by atoms with E-state index in [-0.39, 0.29) is 5.38 Å². The molecule has 0 spiro atoms. The van der Waals surface area contributed by atoms with Gasteiger partial charge in [0, 0.05) is 49.4 Å². The van der Waals surface area contributed by atoms with Crippen molar-refractivity contribution in [3.63, 3.8) is 0 Å². The first-order valence-corrected chi connectivity index (χ1v) is 10.9. The van der Waals surface area contributed by atoms with E-state index in [0.29, 0.717) is 12.0 Å². The largest absolute Gasteiger partial charge is 0.384 e. The summed E-state index contributed by atoms with van der Waals surface area (Å²) in [7, 11) is 0. The van der Waals surface area contributed by atoms with Crippen molar-refractivity contribution >= 4 is 28.1 Å². The molecule has 3 aliphatic rings. The Kier molecular flexibility index (Phi) is 3.60. The maximum absolute atomic E-state index is 12.4. The minimum Gasteiger partial charge on any atom is -0.384 e. The number of rotatable bonds is 1. The first-order valence-electron chi connectivity index (χ1n) is 10.5. The Morgan fingerprint density at radius 2 is 1.97 bits per heavy atom. The molecule has 0 amide bonds. The topological polar surface area (TPSA) is 59.8 Å². The summed E-state index contributed by atoms with van der Waals surface area (Å²) in [6.07, 6.45) is 4.27. The zero-order valence-corrected chi connectivity index (χ0v) is 18.9. The van der Waals surface area contributed by atoms with E-state index < -0.39 is 21.8 Å². The predicted molar refractivity (Wildman–Crippen MR) is 122 cm³/mol. The second-order valence-electron chi connectivity index (χ2n) is 10.3. The lowest BCUT2D eigenvalue weighted by Crippen LogP contribution is -2.57. The number of benzene rings is 1. The molecule has 30 heavy (non-hydrogen) atoms. The van der Waals surface area contributed by atoms with Crippen LogP contribution >= 0.6 is 11.6 Å². The molecule has 3 aliphatic carbocycles. The van der Waals surface area contributed by atoms with Crippen LogP contribution in [0.1, 0.15) is 57.9 Å². The van der Waals surface area contributed by atoms with Crippen molar-refractivity contribution in [3.8, 4) is 6.07 Å². The highest BCUT2D eigenvalue weighted by molar-refractivity contribution is 6.22. The molecule has 0 aliphatic heterocycles. The first-order chi connectivity index (χ1) is 13.9. The Hall–Kier alpha value is -2.28. The number of nitrogens with zero attached hydrogens (tertiary/aromatic N) is 1. The third-order valence-corrected chi connectivity index (χ3v) is 8.91. The summed E-state index contributed by atoms with van der Waals surface area (Å²) in [6.45, 7) is 14.5. The van der Waals surface area contributed by atoms with Crippen molar-refractivity contribution in [1.82, 2.24) is 4.98 Å². The molecule has 2 N–H and O–H groups in total. The van der Waals surface area contributed by atoms with Crippen LogP contribution in [-0.4, -0.2) is 21.1 Å². The molecule has 0 fully saturated rings. The Morgan fingerprint density at radius 1 is 1.27 bits per heavy atom. The van der Waals surface area contributed by atoms with Gasteiger partial charge in [-0.05, 0) is 49.1 Å². The van der Waals surface area contributed by atoms with Gasteiger partial charge in [-0.25, -0.2) is 0 Å². The Bertz CT molecular complexity index is 1250. The lowest BCUT2D eigenvalue weighted by Gasteiger charge is -2.55. The molecule has 1 heterocycles. The molecule has 1 aromatic heterocycles. The van der Waals surface area contributed by atoms with Crippen molar-refractivity contribution in [2.75, 3.05) is 0 Å². The Morgan fingerprint density at radius 3 is 2.60 bits per heavy atom. The van der Waals surface area contributed by atoms with Crippen molar-refractivity contribution in [2.45, 2.75) is 62.8 Å². The number of nitrogens with one attached hydrogen (secondary N) is 1. The molecule has 0 saturated carbocycles. The third kappa shape index (κ3) is 1.91. The van der Waals surface area contributed by atoms with Gasteiger partial charge in [0.2, 0.25) is 0 Å². The van der Waals surface area contributed by atoms with Crippen LogP contribution in [0.3, 0.4) is 0 Å². The highest BCUT2D eigenvalue weighted by atomic mass is 35.5. The van der Waals surface area contributed by atoms with Crippen LogP contribution in [0.2, 0.25) is 0 Å². The van der Waals surface area contributed by atoms with Gasteiger partial charge in [-0.2, -0.15) is 5.26 Å². The number of aromatic amines is 1. The van der Waals surface area contributed by atoms with Crippen LogP contribution in [0.15, 0.2) is 48.1 Å². The number of allylic oxidation sites excluding steroid dienone is 4. The summed E-state index contributed by atoms with van der Waals surface area (Å²) >= 11 is 6.99. The molecule has 154 valence electrons. The van der Waals surface area contributed by atoms with Gasteiger partial charge in [0.1, 0.15) is 5.60 Å². The lowest BCUT2D eigenvalue weighted by molar-refractivity contribution is 0.00869. The predicted octanol–water partition coefficient (Wildman–Crippen LogP) is 5.89. The molecule has 0 radical (unpaired) electrons. The first kappa shape index (κ1) is 19.7. The summed E-state index contributed by atoms with van der Waals surface area (Å²) < 4.78 is 0. The maximum atomic E-state index is 12.4. The van der Waals surface area contributed by atoms with E-state index in [2.05, 4.69) is 64.4 Å². The van der Waals surface area contributed by atoms with Crippen LogP contribution in [-0.2, 0) is 10.8 Å². The summed E-state index contributed by atoms with van der Waals surface area (Å²) in [5, 5.41) is 23.3. The normalized spacial score (nSPS) is 33.0. The van der Waals surface area contributed by atoms with Gasteiger partial charge in [-0.15, -0.1) is 18.2 Å². The van der Waals surface area contributed by atoms with Crippen LogP contribution in [0.5, 0.6) is 0 Å². The van der Waals surface area contributed by atoms with Gasteiger partial charge in [-0.3, -0.25) is 0 Å². The van der Waals surface area contributed by atoms with Gasteiger partial charge in [-0.1, -0.05) is 39.0 Å². The summed E-state index contributed by atoms with van der Waals surface area (Å²) in [5.74, 6) is 0. The molecule has 0 bridgehead atoms. The van der Waals surface area contributed by atoms with E-state index in [1.807, 2.05) is 18.2 Å². The highest BCUT2D eigenvalue weighted by Gasteiger charge is 2.61. The number of alkyl halides is 1. The van der Waals surface area contributed by atoms with E-state index in [4.69, 9.17) is 11.6 Å². The molecular weight excluding hydrogens is 392 g/mol. The summed E-state index contributed by atoms with van der Waals surface area (Å²) in [6, 6.07) is 8.68. The number of nitriles is 1. The van der Waals surface area contributed by atoms with Crippen molar-refractivity contribution in [3.05, 3.63) is 64.9 Å². The number of hydrogen-bond acceptors (Lipinski definition) is 2. The minimum absolute atomic E-state index is 0.349. The van der Waals surface area contributed by atoms with Crippen molar-refractivity contribution in [2.24, 2.45) is 5.41 Å². The van der Waals surface area contributed by atoms with E-state index in [1.54, 1.807) is 0 Å². The number of aliphatic hydroxyl groups is 1. The van der Waals surface area contributed by atoms with Gasteiger partial charge >= 0.3 is 0 Å². The van der Waals surface area contributed by atoms with E-state index in [1.165, 1.54) is 0 Å². The number of hydrogen-bond donors (Lipinski definition) is 2. The maximum Gasteiger partial charge on any atom is 0.101 e. The monoisotopic (exact) mass is 418 g/mol. The smallest absolute Gasteiger partial charge is 0.101 e. The Balaban J connectivity index is 2.11. The molecule has 3 atom stereocenters. The molecule has 3 nitrogen and oxygen atoms in total. The fourth-order valence-corrected chi connectivity index (χ4v) is 6.38. The second kappa shape index (κ2) is 5.49. The molecule has 4 heteroatoms. The average molecular weight is 419 g/mol. The van der Waals surface area contributed by atoms with Crippen LogP contribution in [0, 0.1) is 16.7 Å². The van der Waals surface area contributed by atoms with Crippen molar-refractivity contribution in [1.29, 1.82) is 5.26 Å². The third-order valence-electron chi connectivity index (χ3n) is 8.30. The molecule has 2 aromatic rings. The zero-order chi connectivity index (χ0) is 21.9. The van der Waals surface area contributed by atoms with Gasteiger partial charge in [0.15, 0.2) is 0 Å². The lowest BCUT2D eigenvalue weighted by atomic mass is 9.52. The molecule has 0 unspecified atom stereocenters. The van der Waals surface area contributed by atoms with E-state index in [9.17, 15) is 10.4 Å². The van der Waals surface area contributed by atoms with Crippen molar-refractivity contribution < 1.29 is 5.11 Å². The summed E-state index contributed by atoms with van der Waals surface area (Å²) in [4.78, 5) is 3.63. The second-order valence-corrected chi connectivity index (χ2v) is 10.9. The highest BCUT2D eigenvalue weighted by Crippen LogP contribution is 2.64. The minimum atomic E-state index is -1.16. The number of aromatic nitrogens is 1. The molecular formula is C26H27ClN2O. The fourth-order valence-electron chi connectivity index (χ4n) is 5.95. The van der Waals surface area contributed by atoms with Crippen LogP contribution < -0.4 is 0 Å². The van der Waals surface area contributed by atoms with E-state index >= 15 is 0 Å². The molecule has 0 saturated heterocycles. The fraction of sp³-hybridized carbons (Fsp3) is 0.423. The Labute approximate surface area is 182 Å². The zero-order valence-electron chi connectivity index (χ0n) is 18.2. The summed E-state index contributed by atoms with van der Waals surface area (Å²) in [5.41, 5.74) is 3.85. The van der Waals surface area contributed by atoms with Gasteiger partial charge < -0.3 is 10.1 Å². The SMILES string of the molecule is C=C[C@]1(C)C2=C3c4c([nH]c5cccc(c45)C(C)(C)[C@@]3(O)C[C@H]1Cl)C(C)(C)C(C#N)=C2. The van der Waals surface area contributed by atoms with Gasteiger partial charge in [0.25, 0.3) is 0 Å². The average Bonchev–Trinajstić information content (AvgIpc) is 3.04. The van der Waals surface area contributed by atoms with Crippen LogP contribution in [0.25, 0.3) is 16.5 Å². The van der Waals surface area contributed by atoms with Crippen LogP contribution in [0.4, 0.5) is 0 Å². The number of H-pyrrole nitrogens is 1. The molecule has 5 rings (SSSR count). The molecule has 1 aromatic carbocycles. The van der Waals surface area contributed by atoms with Gasteiger partial charge in [0.05, 0.1) is 6.07 Å². The standard InChI is InChI=1S/C26H27ClN2O/c1-7-25(6)16-11-14(13-28)23(2,3)22-20-19-15(9-8-10-17(19)29-22)24(4,5)26(30,21(16)20)12-18(25)27/h7-11,18,29-30H,1,12H2,2-6H3/t18-,25-,26-/m1/s1. The number of halogens is 1.